The van der Waals surface area contributed by atoms with Crippen LogP contribution in [0.4, 0.5) is 11.6 Å². The highest BCUT2D eigenvalue weighted by atomic mass is 16.5. The maximum atomic E-state index is 9.08. The summed E-state index contributed by atoms with van der Waals surface area (Å²) in [5, 5.41) is 13.4. The smallest absolute Gasteiger partial charge is 0.152 e. The van der Waals surface area contributed by atoms with E-state index in [4.69, 9.17) is 9.84 Å². The Hall–Kier alpha value is -2.51. The van der Waals surface area contributed by atoms with E-state index >= 15 is 0 Å². The molecular weight excluding hydrogens is 330 g/mol. The molecule has 0 unspecified atom stereocenters. The van der Waals surface area contributed by atoms with Crippen LogP contribution < -0.4 is 10.3 Å². The standard InChI is InChI=1S/C19H25N5O2/c1-15-4-2-5-16(12-15)14-20-23-18-13-19(24-7-10-26-11-8-24)22-17(21-18)6-3-9-25/h2,4-5,12-14,25H,3,6-11H2,1H3,(H,21,22,23)/b20-14+. The van der Waals surface area contributed by atoms with Crippen LogP contribution >= 0.6 is 0 Å². The number of nitrogens with one attached hydrogen (secondary N) is 1. The third-order valence-electron chi connectivity index (χ3n) is 4.09. The van der Waals surface area contributed by atoms with E-state index in [-0.39, 0.29) is 6.61 Å². The molecule has 0 saturated carbocycles. The lowest BCUT2D eigenvalue weighted by Gasteiger charge is -2.28. The Kier molecular flexibility index (Phi) is 6.51. The summed E-state index contributed by atoms with van der Waals surface area (Å²) in [6.07, 6.45) is 3.04. The predicted molar refractivity (Wildman–Crippen MR) is 103 cm³/mol. The van der Waals surface area contributed by atoms with E-state index in [1.165, 1.54) is 5.56 Å². The molecule has 3 rings (SSSR count). The first-order chi connectivity index (χ1) is 12.7. The van der Waals surface area contributed by atoms with Crippen molar-refractivity contribution in [3.8, 4) is 0 Å². The molecule has 1 aliphatic rings. The number of rotatable bonds is 7. The van der Waals surface area contributed by atoms with Crippen molar-refractivity contribution >= 4 is 17.9 Å². The number of hydrazone groups is 1. The molecule has 2 heterocycles. The normalized spacial score (nSPS) is 14.8. The highest BCUT2D eigenvalue weighted by Gasteiger charge is 2.14. The Labute approximate surface area is 153 Å². The summed E-state index contributed by atoms with van der Waals surface area (Å²) in [4.78, 5) is 11.3. The van der Waals surface area contributed by atoms with Crippen LogP contribution in [0, 0.1) is 6.92 Å². The van der Waals surface area contributed by atoms with Crippen molar-refractivity contribution in [2.24, 2.45) is 5.10 Å². The maximum absolute atomic E-state index is 9.08. The molecule has 1 aromatic carbocycles. The second kappa shape index (κ2) is 9.26. The van der Waals surface area contributed by atoms with Gasteiger partial charge in [0.15, 0.2) is 5.82 Å². The van der Waals surface area contributed by atoms with Gasteiger partial charge in [0.1, 0.15) is 11.6 Å². The molecule has 26 heavy (non-hydrogen) atoms. The number of hydrogen-bond donors (Lipinski definition) is 2. The first kappa shape index (κ1) is 18.3. The summed E-state index contributed by atoms with van der Waals surface area (Å²) < 4.78 is 5.41. The van der Waals surface area contributed by atoms with E-state index in [0.29, 0.717) is 37.7 Å². The predicted octanol–water partition coefficient (Wildman–Crippen LogP) is 1.99. The number of aliphatic hydroxyl groups excluding tert-OH is 1. The van der Waals surface area contributed by atoms with Gasteiger partial charge in [0.2, 0.25) is 0 Å². The fraction of sp³-hybridized carbons (Fsp3) is 0.421. The molecule has 1 fully saturated rings. The monoisotopic (exact) mass is 355 g/mol. The zero-order chi connectivity index (χ0) is 18.2. The van der Waals surface area contributed by atoms with Gasteiger partial charge in [-0.15, -0.1) is 0 Å². The molecule has 7 nitrogen and oxygen atoms in total. The summed E-state index contributed by atoms with van der Waals surface area (Å²) in [6.45, 7) is 5.19. The molecule has 1 aliphatic heterocycles. The fourth-order valence-corrected chi connectivity index (χ4v) is 2.77. The van der Waals surface area contributed by atoms with E-state index in [2.05, 4.69) is 44.5 Å². The van der Waals surface area contributed by atoms with Crippen molar-refractivity contribution < 1.29 is 9.84 Å². The zero-order valence-corrected chi connectivity index (χ0v) is 15.1. The van der Waals surface area contributed by atoms with Crippen molar-refractivity contribution in [1.29, 1.82) is 0 Å². The number of aromatic nitrogens is 2. The molecule has 0 radical (unpaired) electrons. The fourth-order valence-electron chi connectivity index (χ4n) is 2.77. The van der Waals surface area contributed by atoms with Gasteiger partial charge in [0.25, 0.3) is 0 Å². The van der Waals surface area contributed by atoms with E-state index in [0.717, 1.165) is 24.5 Å². The van der Waals surface area contributed by atoms with Crippen molar-refractivity contribution in [1.82, 2.24) is 9.97 Å². The summed E-state index contributed by atoms with van der Waals surface area (Å²) >= 11 is 0. The second-order valence-corrected chi connectivity index (χ2v) is 6.24. The van der Waals surface area contributed by atoms with Crippen LogP contribution in [0.15, 0.2) is 35.4 Å². The highest BCUT2D eigenvalue weighted by molar-refractivity contribution is 5.80. The average molecular weight is 355 g/mol. The number of benzene rings is 1. The minimum atomic E-state index is 0.124. The number of ether oxygens (including phenoxy) is 1. The van der Waals surface area contributed by atoms with Crippen molar-refractivity contribution in [2.45, 2.75) is 19.8 Å². The molecule has 2 N–H and O–H groups in total. The molecular formula is C19H25N5O2. The third kappa shape index (κ3) is 5.24. The van der Waals surface area contributed by atoms with Gasteiger partial charge in [-0.2, -0.15) is 5.10 Å². The summed E-state index contributed by atoms with van der Waals surface area (Å²) in [5.41, 5.74) is 5.23. The number of morpholine rings is 1. The Morgan fingerprint density at radius 1 is 1.27 bits per heavy atom. The number of anilines is 2. The van der Waals surface area contributed by atoms with Gasteiger partial charge in [-0.05, 0) is 18.9 Å². The van der Waals surface area contributed by atoms with E-state index < -0.39 is 0 Å². The van der Waals surface area contributed by atoms with Crippen molar-refractivity contribution in [2.75, 3.05) is 43.2 Å². The molecule has 2 aromatic rings. The zero-order valence-electron chi connectivity index (χ0n) is 15.1. The quantitative estimate of drug-likeness (QED) is 0.584. The van der Waals surface area contributed by atoms with Crippen molar-refractivity contribution in [3.63, 3.8) is 0 Å². The van der Waals surface area contributed by atoms with Crippen LogP contribution in [0.5, 0.6) is 0 Å². The summed E-state index contributed by atoms with van der Waals surface area (Å²) in [5.74, 6) is 2.22. The lowest BCUT2D eigenvalue weighted by atomic mass is 10.2. The topological polar surface area (TPSA) is 82.9 Å². The first-order valence-corrected chi connectivity index (χ1v) is 8.92. The lowest BCUT2D eigenvalue weighted by Crippen LogP contribution is -2.37. The Morgan fingerprint density at radius 3 is 2.88 bits per heavy atom. The van der Waals surface area contributed by atoms with E-state index in [9.17, 15) is 0 Å². The minimum absolute atomic E-state index is 0.124. The Balaban J connectivity index is 1.75. The van der Waals surface area contributed by atoms with Crippen LogP contribution in [0.3, 0.4) is 0 Å². The van der Waals surface area contributed by atoms with Gasteiger partial charge in [0.05, 0.1) is 19.4 Å². The van der Waals surface area contributed by atoms with Gasteiger partial charge in [0, 0.05) is 32.2 Å². The summed E-state index contributed by atoms with van der Waals surface area (Å²) in [7, 11) is 0. The average Bonchev–Trinajstić information content (AvgIpc) is 2.67. The molecule has 0 spiro atoms. The SMILES string of the molecule is Cc1cccc(/C=N/Nc2cc(N3CCOCC3)nc(CCCO)n2)c1. The minimum Gasteiger partial charge on any atom is -0.396 e. The molecule has 138 valence electrons. The molecule has 0 amide bonds. The van der Waals surface area contributed by atoms with E-state index in [1.54, 1.807) is 6.21 Å². The summed E-state index contributed by atoms with van der Waals surface area (Å²) in [6, 6.07) is 10.0. The van der Waals surface area contributed by atoms with Crippen molar-refractivity contribution in [3.05, 3.63) is 47.3 Å². The second-order valence-electron chi connectivity index (χ2n) is 6.24. The van der Waals surface area contributed by atoms with E-state index in [1.807, 2.05) is 18.2 Å². The molecule has 0 bridgehead atoms. The Morgan fingerprint density at radius 2 is 2.12 bits per heavy atom. The molecule has 1 saturated heterocycles. The maximum Gasteiger partial charge on any atom is 0.152 e. The lowest BCUT2D eigenvalue weighted by molar-refractivity contribution is 0.122. The highest BCUT2D eigenvalue weighted by Crippen LogP contribution is 2.18. The number of hydrogen-bond acceptors (Lipinski definition) is 7. The third-order valence-corrected chi connectivity index (χ3v) is 4.09. The van der Waals surface area contributed by atoms with Gasteiger partial charge >= 0.3 is 0 Å². The van der Waals surface area contributed by atoms with Crippen LogP contribution in [0.1, 0.15) is 23.4 Å². The van der Waals surface area contributed by atoms with Gasteiger partial charge < -0.3 is 14.7 Å². The number of aryl methyl sites for hydroxylation is 2. The van der Waals surface area contributed by atoms with Crippen LogP contribution in [-0.4, -0.2) is 54.2 Å². The molecule has 1 aromatic heterocycles. The van der Waals surface area contributed by atoms with Crippen LogP contribution in [-0.2, 0) is 11.2 Å². The van der Waals surface area contributed by atoms with Gasteiger partial charge in [-0.3, -0.25) is 5.43 Å². The number of aliphatic hydroxyl groups is 1. The van der Waals surface area contributed by atoms with Crippen LogP contribution in [0.2, 0.25) is 0 Å². The first-order valence-electron chi connectivity index (χ1n) is 8.92. The molecule has 0 aliphatic carbocycles. The van der Waals surface area contributed by atoms with Gasteiger partial charge in [-0.25, -0.2) is 9.97 Å². The Bertz CT molecular complexity index is 744. The van der Waals surface area contributed by atoms with Gasteiger partial charge in [-0.1, -0.05) is 29.8 Å². The van der Waals surface area contributed by atoms with Crippen LogP contribution in [0.25, 0.3) is 0 Å². The molecule has 0 atom stereocenters. The largest absolute Gasteiger partial charge is 0.396 e. The molecule has 7 heteroatoms. The number of nitrogens with zero attached hydrogens (tertiary/aromatic N) is 4.